The lowest BCUT2D eigenvalue weighted by Gasteiger charge is -2.30. The van der Waals surface area contributed by atoms with Crippen molar-refractivity contribution >= 4 is 59.2 Å². The highest BCUT2D eigenvalue weighted by Crippen LogP contribution is 2.23. The van der Waals surface area contributed by atoms with Gasteiger partial charge in [-0.05, 0) is 109 Å². The van der Waals surface area contributed by atoms with Crippen LogP contribution in [-0.2, 0) is 36.6 Å². The molecule has 4 amide bonds. The van der Waals surface area contributed by atoms with E-state index < -0.39 is 41.3 Å². The second-order valence-electron chi connectivity index (χ2n) is 16.7. The van der Waals surface area contributed by atoms with Crippen LogP contribution in [0.3, 0.4) is 0 Å². The first kappa shape index (κ1) is 51.2. The van der Waals surface area contributed by atoms with Gasteiger partial charge >= 0.3 is 18.2 Å². The summed E-state index contributed by atoms with van der Waals surface area (Å²) in [5.74, 6) is -1.88. The lowest BCUT2D eigenvalue weighted by Crippen LogP contribution is -2.49. The Kier molecular flexibility index (Phi) is 19.9. The standard InChI is InChI=1S/C44H63ClN10O8/c1-43(2,3)62-41(59)50-25-11-9-13-32(39(58)61-7)55(27-26-51-42(60)63-44(4,5)6)33(56)23-18-29-16-21-31(22-17-29)30-19-14-28(15-20-30)12-8-10-24-49-40(48)54-38(57)34-36(46)53-37(47)35(45)52-34/h14-17,19-22,32H,8-13,18,23-27H2,1-7H3,(H,50,59)(H,51,60)(H4,46,47,53)(H3,48,49,54,57)/t32-/m0/s1. The Morgan fingerprint density at radius 3 is 1.87 bits per heavy atom. The number of anilines is 2. The van der Waals surface area contributed by atoms with Gasteiger partial charge in [0.1, 0.15) is 17.2 Å². The summed E-state index contributed by atoms with van der Waals surface area (Å²) in [6.45, 7) is 11.4. The van der Waals surface area contributed by atoms with E-state index in [1.807, 2.05) is 24.3 Å². The largest absolute Gasteiger partial charge is 0.467 e. The molecule has 2 aromatic carbocycles. The number of nitrogen functional groups attached to an aromatic ring is 2. The first-order valence-electron chi connectivity index (χ1n) is 20.8. The van der Waals surface area contributed by atoms with Crippen molar-refractivity contribution < 1.29 is 38.2 Å². The minimum absolute atomic E-state index is 0.0557. The number of hydrogen-bond donors (Lipinski definition) is 6. The summed E-state index contributed by atoms with van der Waals surface area (Å²) in [5, 5.41) is 7.66. The smallest absolute Gasteiger partial charge is 0.407 e. The zero-order valence-corrected chi connectivity index (χ0v) is 38.1. The maximum absolute atomic E-state index is 13.8. The maximum Gasteiger partial charge on any atom is 0.407 e. The molecule has 0 spiro atoms. The number of alkyl carbamates (subject to hydrolysis) is 2. The van der Waals surface area contributed by atoms with Crippen LogP contribution in [0.4, 0.5) is 21.2 Å². The Hall–Kier alpha value is -6.17. The van der Waals surface area contributed by atoms with Crippen LogP contribution in [-0.4, -0.2) is 101 Å². The summed E-state index contributed by atoms with van der Waals surface area (Å²) in [6.07, 6.45) is 3.10. The number of unbranched alkanes of at least 4 members (excludes halogenated alkanes) is 2. The number of guanidine groups is 1. The molecule has 0 aliphatic heterocycles. The van der Waals surface area contributed by atoms with Gasteiger partial charge < -0.3 is 46.9 Å². The average Bonchev–Trinajstić information content (AvgIpc) is 3.20. The zero-order valence-electron chi connectivity index (χ0n) is 37.3. The van der Waals surface area contributed by atoms with Crippen LogP contribution < -0.4 is 33.2 Å². The summed E-state index contributed by atoms with van der Waals surface area (Å²) in [5.41, 5.74) is 19.7. The van der Waals surface area contributed by atoms with Crippen molar-refractivity contribution in [2.45, 2.75) is 110 Å². The molecule has 0 radical (unpaired) electrons. The predicted molar refractivity (Wildman–Crippen MR) is 243 cm³/mol. The normalized spacial score (nSPS) is 12.2. The van der Waals surface area contributed by atoms with Gasteiger partial charge in [-0.15, -0.1) is 0 Å². The molecule has 3 rings (SSSR count). The van der Waals surface area contributed by atoms with Crippen LogP contribution in [0, 0.1) is 0 Å². The topological polar surface area (TPSA) is 269 Å². The van der Waals surface area contributed by atoms with Gasteiger partial charge in [-0.2, -0.15) is 0 Å². The van der Waals surface area contributed by atoms with Crippen LogP contribution >= 0.6 is 11.6 Å². The summed E-state index contributed by atoms with van der Waals surface area (Å²) in [4.78, 5) is 77.1. The molecule has 18 nitrogen and oxygen atoms in total. The number of nitrogens with zero attached hydrogens (tertiary/aromatic N) is 4. The third-order valence-electron chi connectivity index (χ3n) is 9.15. The van der Waals surface area contributed by atoms with Gasteiger partial charge in [0.15, 0.2) is 28.4 Å². The number of amides is 4. The van der Waals surface area contributed by atoms with Crippen molar-refractivity contribution in [3.05, 3.63) is 70.5 Å². The molecule has 0 fully saturated rings. The monoisotopic (exact) mass is 894 g/mol. The minimum atomic E-state index is -0.902. The number of benzene rings is 2. The fourth-order valence-electron chi connectivity index (χ4n) is 6.14. The molecule has 3 aromatic rings. The van der Waals surface area contributed by atoms with Crippen LogP contribution in [0.5, 0.6) is 0 Å². The highest BCUT2D eigenvalue weighted by molar-refractivity contribution is 6.31. The van der Waals surface area contributed by atoms with E-state index in [9.17, 15) is 24.0 Å². The van der Waals surface area contributed by atoms with E-state index in [1.54, 1.807) is 41.5 Å². The quantitative estimate of drug-likeness (QED) is 0.0267. The van der Waals surface area contributed by atoms with E-state index in [2.05, 4.69) is 55.2 Å². The molecule has 9 N–H and O–H groups in total. The second kappa shape index (κ2) is 24.5. The molecule has 0 unspecified atom stereocenters. The molecular formula is C44H63ClN10O8. The van der Waals surface area contributed by atoms with E-state index in [0.29, 0.717) is 32.4 Å². The summed E-state index contributed by atoms with van der Waals surface area (Å²) in [6, 6.07) is 15.3. The van der Waals surface area contributed by atoms with Gasteiger partial charge in [0.2, 0.25) is 5.91 Å². The maximum atomic E-state index is 13.8. The van der Waals surface area contributed by atoms with Gasteiger partial charge in [-0.25, -0.2) is 24.4 Å². The highest BCUT2D eigenvalue weighted by Gasteiger charge is 2.30. The lowest BCUT2D eigenvalue weighted by molar-refractivity contribution is -0.153. The van der Waals surface area contributed by atoms with Gasteiger partial charge in [0.25, 0.3) is 5.91 Å². The number of aryl methyl sites for hydroxylation is 2. The van der Waals surface area contributed by atoms with E-state index >= 15 is 0 Å². The zero-order chi connectivity index (χ0) is 46.7. The number of ether oxygens (including phenoxy) is 3. The molecule has 0 bridgehead atoms. The molecule has 1 aromatic heterocycles. The lowest BCUT2D eigenvalue weighted by atomic mass is 9.99. The van der Waals surface area contributed by atoms with Crippen molar-refractivity contribution in [3.8, 4) is 11.1 Å². The number of hydrogen-bond acceptors (Lipinski definition) is 13. The van der Waals surface area contributed by atoms with E-state index in [-0.39, 0.29) is 60.3 Å². The van der Waals surface area contributed by atoms with Gasteiger partial charge in [0, 0.05) is 32.6 Å². The number of aromatic nitrogens is 2. The van der Waals surface area contributed by atoms with Gasteiger partial charge in [-0.1, -0.05) is 60.1 Å². The fourth-order valence-corrected chi connectivity index (χ4v) is 6.26. The number of aliphatic imine (C=N–C) groups is 1. The number of halogens is 1. The summed E-state index contributed by atoms with van der Waals surface area (Å²) >= 11 is 5.85. The Morgan fingerprint density at radius 2 is 1.32 bits per heavy atom. The predicted octanol–water partition coefficient (Wildman–Crippen LogP) is 5.55. The van der Waals surface area contributed by atoms with Crippen molar-refractivity contribution in [1.29, 1.82) is 0 Å². The molecule has 0 aliphatic rings. The molecule has 63 heavy (non-hydrogen) atoms. The van der Waals surface area contributed by atoms with Gasteiger partial charge in [-0.3, -0.25) is 19.9 Å². The van der Waals surface area contributed by atoms with Crippen LogP contribution in [0.1, 0.15) is 102 Å². The minimum Gasteiger partial charge on any atom is -0.467 e. The molecule has 1 heterocycles. The van der Waals surface area contributed by atoms with E-state index in [4.69, 9.17) is 43.0 Å². The Morgan fingerprint density at radius 1 is 0.762 bits per heavy atom. The number of nitrogens with two attached hydrogens (primary N) is 3. The number of methoxy groups -OCH3 is 1. The van der Waals surface area contributed by atoms with Gasteiger partial charge in [0.05, 0.1) is 7.11 Å². The number of nitrogens with one attached hydrogen (secondary N) is 3. The highest BCUT2D eigenvalue weighted by atomic mass is 35.5. The van der Waals surface area contributed by atoms with Crippen molar-refractivity contribution in [2.75, 3.05) is 44.8 Å². The van der Waals surface area contributed by atoms with E-state index in [1.165, 1.54) is 12.0 Å². The number of esters is 1. The second-order valence-corrected chi connectivity index (χ2v) is 17.0. The van der Waals surface area contributed by atoms with Crippen LogP contribution in [0.25, 0.3) is 11.1 Å². The molecule has 344 valence electrons. The first-order chi connectivity index (χ1) is 29.6. The van der Waals surface area contributed by atoms with E-state index in [0.717, 1.165) is 41.5 Å². The molecular weight excluding hydrogens is 832 g/mol. The third-order valence-corrected chi connectivity index (χ3v) is 9.43. The van der Waals surface area contributed by atoms with Crippen molar-refractivity contribution in [2.24, 2.45) is 10.7 Å². The first-order valence-corrected chi connectivity index (χ1v) is 21.2. The van der Waals surface area contributed by atoms with Crippen molar-refractivity contribution in [3.63, 3.8) is 0 Å². The molecule has 0 saturated heterocycles. The number of carbonyl (C=O) groups is 5. The Labute approximate surface area is 374 Å². The molecule has 0 saturated carbocycles. The van der Waals surface area contributed by atoms with Crippen LogP contribution in [0.2, 0.25) is 5.15 Å². The number of carbonyl (C=O) groups excluding carboxylic acids is 5. The molecule has 1 atom stereocenters. The summed E-state index contributed by atoms with van der Waals surface area (Å²) in [7, 11) is 1.27. The Bertz CT molecular complexity index is 2030. The SMILES string of the molecule is COC(=O)[C@H](CCCCNC(=O)OC(C)(C)C)N(CCNC(=O)OC(C)(C)C)C(=O)CCc1ccc(-c2ccc(CCCCN=C(N)NC(=O)c3nc(Cl)c(N)nc3N)cc2)cc1. The fraction of sp³-hybridized carbons (Fsp3) is 0.500. The third kappa shape index (κ3) is 18.8. The van der Waals surface area contributed by atoms with Crippen molar-refractivity contribution in [1.82, 2.24) is 30.8 Å². The van der Waals surface area contributed by atoms with Crippen LogP contribution in [0.15, 0.2) is 53.5 Å². The average molecular weight is 896 g/mol. The Balaban J connectivity index is 1.54. The molecule has 0 aliphatic carbocycles. The summed E-state index contributed by atoms with van der Waals surface area (Å²) < 4.78 is 15.7. The number of rotatable bonds is 20. The molecule has 19 heteroatoms.